The van der Waals surface area contributed by atoms with Crippen LogP contribution in [0.2, 0.25) is 0 Å². The number of rotatable bonds is 5. The maximum absolute atomic E-state index is 13.1. The molecule has 29 heavy (non-hydrogen) atoms. The van der Waals surface area contributed by atoms with E-state index in [1.165, 1.54) is 30.0 Å². The quantitative estimate of drug-likeness (QED) is 0.366. The molecule has 1 aromatic rings. The summed E-state index contributed by atoms with van der Waals surface area (Å²) in [6.45, 7) is 5.04. The van der Waals surface area contributed by atoms with Crippen LogP contribution < -0.4 is 5.32 Å². The fraction of sp³-hybridized carbons (Fsp3) is 0.500. The molecule has 1 aliphatic heterocycles. The average molecular weight is 489 g/mol. The Labute approximate surface area is 179 Å². The predicted octanol–water partition coefficient (Wildman–Crippen LogP) is 3.18. The molecule has 0 aliphatic carbocycles. The lowest BCUT2D eigenvalue weighted by Gasteiger charge is -2.36. The molecule has 2 unspecified atom stereocenters. The third kappa shape index (κ3) is 5.47. The topological polar surface area (TPSA) is 136 Å². The lowest BCUT2D eigenvalue weighted by molar-refractivity contribution is -0.385. The number of nitrogens with zero attached hydrogens (tertiary/aromatic N) is 1. The number of ketones is 1. The van der Waals surface area contributed by atoms with Gasteiger partial charge >= 0.3 is 12.1 Å². The van der Waals surface area contributed by atoms with E-state index in [0.29, 0.717) is 5.56 Å². The first-order valence-electron chi connectivity index (χ1n) is 8.63. The van der Waals surface area contributed by atoms with Crippen LogP contribution in [0.4, 0.5) is 10.5 Å². The van der Waals surface area contributed by atoms with Gasteiger partial charge in [0.05, 0.1) is 9.40 Å². The maximum Gasteiger partial charge on any atom is 0.408 e. The van der Waals surface area contributed by atoms with Crippen molar-refractivity contribution in [2.24, 2.45) is 5.41 Å². The first-order valence-corrected chi connectivity index (χ1v) is 10.6. The largest absolute Gasteiger partial charge is 0.480 e. The summed E-state index contributed by atoms with van der Waals surface area (Å²) in [4.78, 5) is 47.6. The minimum absolute atomic E-state index is 0.0300. The molecule has 1 saturated heterocycles. The van der Waals surface area contributed by atoms with Crippen molar-refractivity contribution in [1.82, 2.24) is 5.32 Å². The van der Waals surface area contributed by atoms with Gasteiger partial charge in [-0.2, -0.15) is 11.8 Å². The lowest BCUT2D eigenvalue weighted by atomic mass is 9.76. The second-order valence-corrected chi connectivity index (χ2v) is 9.57. The number of carboxylic acid groups (broad SMARTS) is 1. The molecule has 1 fully saturated rings. The molecule has 1 aliphatic rings. The van der Waals surface area contributed by atoms with E-state index in [9.17, 15) is 29.6 Å². The summed E-state index contributed by atoms with van der Waals surface area (Å²) >= 11 is 4.34. The van der Waals surface area contributed by atoms with Crippen molar-refractivity contribution in [3.05, 3.63) is 38.3 Å². The van der Waals surface area contributed by atoms with Gasteiger partial charge in [-0.1, -0.05) is 6.07 Å². The first-order chi connectivity index (χ1) is 13.4. The molecule has 11 heteroatoms. The molecule has 2 atom stereocenters. The van der Waals surface area contributed by atoms with Crippen molar-refractivity contribution in [1.29, 1.82) is 0 Å². The molecule has 9 nitrogen and oxygen atoms in total. The van der Waals surface area contributed by atoms with E-state index in [1.807, 2.05) is 0 Å². The highest BCUT2D eigenvalue weighted by Crippen LogP contribution is 2.37. The first kappa shape index (κ1) is 23.1. The number of nitro groups is 1. The Morgan fingerprint density at radius 1 is 1.45 bits per heavy atom. The molecule has 1 heterocycles. The second-order valence-electron chi connectivity index (χ2n) is 7.69. The summed E-state index contributed by atoms with van der Waals surface area (Å²) in [5.41, 5.74) is -2.23. The smallest absolute Gasteiger partial charge is 0.408 e. The fourth-order valence-corrected chi connectivity index (χ4v) is 4.80. The number of amides is 1. The van der Waals surface area contributed by atoms with Crippen molar-refractivity contribution in [3.8, 4) is 0 Å². The Hall–Kier alpha value is -2.14. The molecule has 0 saturated carbocycles. The molecule has 1 amide bonds. The number of Topliss-reactive ketones (excluding diaryl/α,β-unsaturated/α-hetero) is 1. The molecule has 0 radical (unpaired) electrons. The van der Waals surface area contributed by atoms with Crippen LogP contribution in [0.15, 0.2) is 22.7 Å². The number of alkyl carbamates (subject to hydrolysis) is 1. The van der Waals surface area contributed by atoms with Gasteiger partial charge in [-0.3, -0.25) is 19.7 Å². The van der Waals surface area contributed by atoms with E-state index in [1.54, 1.807) is 20.8 Å². The number of carboxylic acids is 1. The standard InChI is InChI=1S/C18H21BrN2O7S/c1-17(2,3)28-16(25)20-12-8-29-9-18(14(12)22,15(23)24)7-10-4-5-13(21(26)27)11(19)6-10/h4-6,12H,7-9H2,1-3H3,(H,20,25)(H,23,24). The number of carbonyl (C=O) groups excluding carboxylic acids is 2. The van der Waals surface area contributed by atoms with Crippen molar-refractivity contribution in [3.63, 3.8) is 0 Å². The van der Waals surface area contributed by atoms with Gasteiger partial charge in [-0.25, -0.2) is 4.79 Å². The predicted molar refractivity (Wildman–Crippen MR) is 110 cm³/mol. The number of aliphatic carboxylic acids is 1. The Bertz CT molecular complexity index is 855. The van der Waals surface area contributed by atoms with Gasteiger partial charge in [0, 0.05) is 17.6 Å². The van der Waals surface area contributed by atoms with Gasteiger partial charge in [0.1, 0.15) is 17.1 Å². The number of nitrogens with one attached hydrogen (secondary N) is 1. The van der Waals surface area contributed by atoms with Crippen LogP contribution in [0.5, 0.6) is 0 Å². The monoisotopic (exact) mass is 488 g/mol. The van der Waals surface area contributed by atoms with Crippen LogP contribution in [0.3, 0.4) is 0 Å². The zero-order valence-corrected chi connectivity index (χ0v) is 18.5. The number of carbonyl (C=O) groups is 3. The highest BCUT2D eigenvalue weighted by molar-refractivity contribution is 9.10. The average Bonchev–Trinajstić information content (AvgIpc) is 2.56. The number of benzene rings is 1. The zero-order chi connectivity index (χ0) is 22.0. The third-order valence-electron chi connectivity index (χ3n) is 4.24. The SMILES string of the molecule is CC(C)(C)OC(=O)NC1CSCC(Cc2ccc([N+](=O)[O-])c(Br)c2)(C(=O)O)C1=O. The Morgan fingerprint density at radius 2 is 2.10 bits per heavy atom. The van der Waals surface area contributed by atoms with E-state index in [2.05, 4.69) is 21.2 Å². The summed E-state index contributed by atoms with van der Waals surface area (Å²) in [5, 5.41) is 23.3. The number of halogens is 1. The Balaban J connectivity index is 2.27. The number of thioether (sulfide) groups is 1. The van der Waals surface area contributed by atoms with Gasteiger partial charge in [-0.05, 0) is 54.8 Å². The van der Waals surface area contributed by atoms with Crippen molar-refractivity contribution >= 4 is 51.2 Å². The molecule has 1 aromatic carbocycles. The van der Waals surface area contributed by atoms with Crippen molar-refractivity contribution in [2.45, 2.75) is 38.8 Å². The Morgan fingerprint density at radius 3 is 2.62 bits per heavy atom. The van der Waals surface area contributed by atoms with E-state index < -0.39 is 39.8 Å². The van der Waals surface area contributed by atoms with Crippen LogP contribution in [0, 0.1) is 15.5 Å². The lowest BCUT2D eigenvalue weighted by Crippen LogP contribution is -2.58. The van der Waals surface area contributed by atoms with Gasteiger partial charge in [-0.15, -0.1) is 0 Å². The van der Waals surface area contributed by atoms with Crippen LogP contribution in [0.25, 0.3) is 0 Å². The summed E-state index contributed by atoms with van der Waals surface area (Å²) in [6.07, 6.45) is -0.951. The fourth-order valence-electron chi connectivity index (χ4n) is 2.93. The van der Waals surface area contributed by atoms with E-state index in [-0.39, 0.29) is 28.1 Å². The third-order valence-corrected chi connectivity index (χ3v) is 6.14. The summed E-state index contributed by atoms with van der Waals surface area (Å²) in [6, 6.07) is 3.11. The highest BCUT2D eigenvalue weighted by Gasteiger charge is 2.52. The van der Waals surface area contributed by atoms with Crippen LogP contribution >= 0.6 is 27.7 Å². The summed E-state index contributed by atoms with van der Waals surface area (Å²) in [5.74, 6) is -1.66. The molecule has 158 valence electrons. The number of ether oxygens (including phenoxy) is 1. The maximum atomic E-state index is 13.1. The summed E-state index contributed by atoms with van der Waals surface area (Å²) in [7, 11) is 0. The van der Waals surface area contributed by atoms with Crippen molar-refractivity contribution in [2.75, 3.05) is 11.5 Å². The van der Waals surface area contributed by atoms with Gasteiger partial charge in [0.2, 0.25) is 0 Å². The van der Waals surface area contributed by atoms with E-state index >= 15 is 0 Å². The Kier molecular flexibility index (Phi) is 6.94. The number of hydrogen-bond donors (Lipinski definition) is 2. The molecular formula is C18H21BrN2O7S. The number of nitro benzene ring substituents is 1. The zero-order valence-electron chi connectivity index (χ0n) is 16.1. The second kappa shape index (κ2) is 8.70. The normalized spacial score (nSPS) is 22.1. The van der Waals surface area contributed by atoms with Gasteiger partial charge < -0.3 is 15.2 Å². The number of hydrogen-bond acceptors (Lipinski definition) is 7. The molecule has 2 N–H and O–H groups in total. The molecule has 0 spiro atoms. The molecule has 2 rings (SSSR count). The van der Waals surface area contributed by atoms with Crippen LogP contribution in [-0.2, 0) is 20.7 Å². The van der Waals surface area contributed by atoms with E-state index in [0.717, 1.165) is 0 Å². The van der Waals surface area contributed by atoms with Crippen LogP contribution in [0.1, 0.15) is 26.3 Å². The molecule has 0 aromatic heterocycles. The van der Waals surface area contributed by atoms with Gasteiger partial charge in [0.25, 0.3) is 5.69 Å². The minimum Gasteiger partial charge on any atom is -0.480 e. The highest BCUT2D eigenvalue weighted by atomic mass is 79.9. The summed E-state index contributed by atoms with van der Waals surface area (Å²) < 4.78 is 5.35. The molecule has 0 bridgehead atoms. The molecular weight excluding hydrogens is 468 g/mol. The van der Waals surface area contributed by atoms with Gasteiger partial charge in [0.15, 0.2) is 5.78 Å². The van der Waals surface area contributed by atoms with Crippen molar-refractivity contribution < 1.29 is 29.2 Å². The van der Waals surface area contributed by atoms with E-state index in [4.69, 9.17) is 4.74 Å². The minimum atomic E-state index is -1.77. The van der Waals surface area contributed by atoms with Crippen LogP contribution in [-0.4, -0.2) is 51.0 Å².